The highest BCUT2D eigenvalue weighted by molar-refractivity contribution is 6.37. The van der Waals surface area contributed by atoms with E-state index in [9.17, 15) is 0 Å². The topological polar surface area (TPSA) is 12.9 Å². The first-order chi connectivity index (χ1) is 7.58. The summed E-state index contributed by atoms with van der Waals surface area (Å²) >= 11 is 18.2. The molecular weight excluding hydrogens is 264 g/mol. The lowest BCUT2D eigenvalue weighted by Gasteiger charge is -2.08. The van der Waals surface area contributed by atoms with E-state index in [2.05, 4.69) is 4.98 Å². The molecule has 1 aromatic heterocycles. The third-order valence-electron chi connectivity index (χ3n) is 2.34. The molecule has 1 atom stereocenters. The third kappa shape index (κ3) is 2.42. The van der Waals surface area contributed by atoms with Crippen molar-refractivity contribution in [3.8, 4) is 0 Å². The molecule has 2 rings (SSSR count). The van der Waals surface area contributed by atoms with E-state index < -0.39 is 0 Å². The molecule has 1 aromatic carbocycles. The first-order valence-corrected chi connectivity index (χ1v) is 6.14. The Kier molecular flexibility index (Phi) is 3.58. The molecule has 0 fully saturated rings. The summed E-state index contributed by atoms with van der Waals surface area (Å²) in [6.07, 6.45) is 2.48. The second-order valence-corrected chi connectivity index (χ2v) is 5.30. The first-order valence-electron chi connectivity index (χ1n) is 4.94. The Morgan fingerprint density at radius 3 is 2.75 bits per heavy atom. The molecule has 0 radical (unpaired) electrons. The second-order valence-electron chi connectivity index (χ2n) is 3.74. The van der Waals surface area contributed by atoms with Gasteiger partial charge < -0.3 is 0 Å². The minimum absolute atomic E-state index is 0.0379. The number of pyridine rings is 1. The lowest BCUT2D eigenvalue weighted by molar-refractivity contribution is 0.927. The highest BCUT2D eigenvalue weighted by Crippen LogP contribution is 2.29. The van der Waals surface area contributed by atoms with Crippen LogP contribution in [0.3, 0.4) is 0 Å². The average Bonchev–Trinajstić information content (AvgIpc) is 2.22. The van der Waals surface area contributed by atoms with Crippen LogP contribution in [-0.2, 0) is 6.42 Å². The predicted octanol–water partition coefficient (Wildman–Crippen LogP) is 4.71. The molecule has 84 valence electrons. The quantitative estimate of drug-likeness (QED) is 0.723. The third-order valence-corrected chi connectivity index (χ3v) is 3.17. The molecule has 1 nitrogen and oxygen atoms in total. The Bertz CT molecular complexity index is 523. The van der Waals surface area contributed by atoms with Crippen molar-refractivity contribution in [1.82, 2.24) is 4.98 Å². The smallest absolute Gasteiger partial charge is 0.0718 e. The van der Waals surface area contributed by atoms with Gasteiger partial charge >= 0.3 is 0 Å². The van der Waals surface area contributed by atoms with Crippen molar-refractivity contribution in [2.75, 3.05) is 0 Å². The maximum Gasteiger partial charge on any atom is 0.0718 e. The summed E-state index contributed by atoms with van der Waals surface area (Å²) in [4.78, 5) is 4.33. The van der Waals surface area contributed by atoms with Crippen LogP contribution in [0.5, 0.6) is 0 Å². The van der Waals surface area contributed by atoms with E-state index in [4.69, 9.17) is 34.8 Å². The van der Waals surface area contributed by atoms with E-state index in [1.165, 1.54) is 0 Å². The van der Waals surface area contributed by atoms with Gasteiger partial charge in [-0.15, -0.1) is 11.6 Å². The van der Waals surface area contributed by atoms with Crippen LogP contribution >= 0.6 is 34.8 Å². The molecule has 0 aliphatic rings. The van der Waals surface area contributed by atoms with Crippen LogP contribution in [0.25, 0.3) is 10.9 Å². The van der Waals surface area contributed by atoms with E-state index in [0.29, 0.717) is 16.5 Å². The van der Waals surface area contributed by atoms with Crippen LogP contribution in [0.15, 0.2) is 24.4 Å². The minimum atomic E-state index is 0.0379. The Morgan fingerprint density at radius 2 is 2.06 bits per heavy atom. The zero-order valence-corrected chi connectivity index (χ0v) is 10.9. The zero-order valence-electron chi connectivity index (χ0n) is 8.67. The van der Waals surface area contributed by atoms with Gasteiger partial charge in [0.15, 0.2) is 0 Å². The fourth-order valence-electron chi connectivity index (χ4n) is 1.62. The number of nitrogens with zero attached hydrogens (tertiary/aromatic N) is 1. The number of benzene rings is 1. The predicted molar refractivity (Wildman–Crippen MR) is 70.8 cm³/mol. The van der Waals surface area contributed by atoms with Crippen molar-refractivity contribution in [2.45, 2.75) is 18.7 Å². The fourth-order valence-corrected chi connectivity index (χ4v) is 2.23. The first kappa shape index (κ1) is 12.0. The van der Waals surface area contributed by atoms with E-state index in [1.807, 2.05) is 19.1 Å². The van der Waals surface area contributed by atoms with Crippen molar-refractivity contribution in [3.05, 3.63) is 40.0 Å². The van der Waals surface area contributed by atoms with Gasteiger partial charge in [0.05, 0.1) is 10.5 Å². The van der Waals surface area contributed by atoms with Crippen molar-refractivity contribution in [3.63, 3.8) is 0 Å². The minimum Gasteiger partial charge on any atom is -0.256 e. The van der Waals surface area contributed by atoms with Gasteiger partial charge in [0.1, 0.15) is 0 Å². The monoisotopic (exact) mass is 273 g/mol. The molecule has 1 heterocycles. The molecule has 0 aliphatic heterocycles. The lowest BCUT2D eigenvalue weighted by atomic mass is 10.1. The molecule has 0 saturated carbocycles. The van der Waals surface area contributed by atoms with Crippen molar-refractivity contribution < 1.29 is 0 Å². The van der Waals surface area contributed by atoms with Crippen LogP contribution in [0, 0.1) is 0 Å². The van der Waals surface area contributed by atoms with Crippen LogP contribution < -0.4 is 0 Å². The van der Waals surface area contributed by atoms with Gasteiger partial charge in [0.25, 0.3) is 0 Å². The molecule has 0 N–H and O–H groups in total. The summed E-state index contributed by atoms with van der Waals surface area (Å²) in [6, 6.07) is 5.49. The molecule has 0 bridgehead atoms. The van der Waals surface area contributed by atoms with Crippen molar-refractivity contribution in [1.29, 1.82) is 0 Å². The van der Waals surface area contributed by atoms with Gasteiger partial charge in [-0.05, 0) is 37.1 Å². The number of hydrogen-bond donors (Lipinski definition) is 0. The summed E-state index contributed by atoms with van der Waals surface area (Å²) in [5.74, 6) is 0. The van der Waals surface area contributed by atoms with Crippen LogP contribution in [0.1, 0.15) is 12.5 Å². The van der Waals surface area contributed by atoms with E-state index >= 15 is 0 Å². The largest absolute Gasteiger partial charge is 0.256 e. The summed E-state index contributed by atoms with van der Waals surface area (Å²) < 4.78 is 0. The van der Waals surface area contributed by atoms with Gasteiger partial charge in [-0.1, -0.05) is 23.2 Å². The summed E-state index contributed by atoms with van der Waals surface area (Å²) in [5.41, 5.74) is 1.80. The Morgan fingerprint density at radius 1 is 1.31 bits per heavy atom. The molecule has 0 aliphatic carbocycles. The highest BCUT2D eigenvalue weighted by Gasteiger charge is 2.09. The van der Waals surface area contributed by atoms with Gasteiger partial charge in [0, 0.05) is 22.0 Å². The van der Waals surface area contributed by atoms with Crippen molar-refractivity contribution >= 4 is 45.7 Å². The highest BCUT2D eigenvalue weighted by atomic mass is 35.5. The van der Waals surface area contributed by atoms with Crippen LogP contribution in [0.4, 0.5) is 0 Å². The van der Waals surface area contributed by atoms with Gasteiger partial charge in [-0.3, -0.25) is 4.98 Å². The molecular formula is C12H10Cl3N. The van der Waals surface area contributed by atoms with Crippen LogP contribution in [-0.4, -0.2) is 10.4 Å². The summed E-state index contributed by atoms with van der Waals surface area (Å²) in [6.45, 7) is 1.93. The zero-order chi connectivity index (χ0) is 11.7. The average molecular weight is 275 g/mol. The number of hydrogen-bond acceptors (Lipinski definition) is 1. The van der Waals surface area contributed by atoms with E-state index in [0.717, 1.165) is 16.5 Å². The Balaban J connectivity index is 2.58. The van der Waals surface area contributed by atoms with E-state index in [1.54, 1.807) is 12.3 Å². The summed E-state index contributed by atoms with van der Waals surface area (Å²) in [5, 5.41) is 2.27. The Hall–Kier alpha value is -0.500. The van der Waals surface area contributed by atoms with Gasteiger partial charge in [-0.2, -0.15) is 0 Å². The van der Waals surface area contributed by atoms with E-state index in [-0.39, 0.29) is 5.38 Å². The Labute approximate surface area is 109 Å². The number of aromatic nitrogens is 1. The molecule has 4 heteroatoms. The lowest BCUT2D eigenvalue weighted by Crippen LogP contribution is -1.99. The second kappa shape index (κ2) is 4.79. The molecule has 0 amide bonds. The molecule has 16 heavy (non-hydrogen) atoms. The maximum atomic E-state index is 6.30. The van der Waals surface area contributed by atoms with Gasteiger partial charge in [0.2, 0.25) is 0 Å². The maximum absolute atomic E-state index is 6.30. The normalized spacial score (nSPS) is 13.0. The SMILES string of the molecule is CC(Cl)Cc1cnc2ccc(Cl)cc2c1Cl. The molecule has 2 aromatic rings. The molecule has 0 spiro atoms. The van der Waals surface area contributed by atoms with Crippen molar-refractivity contribution in [2.24, 2.45) is 0 Å². The number of rotatable bonds is 2. The number of alkyl halides is 1. The fraction of sp³-hybridized carbons (Fsp3) is 0.250. The summed E-state index contributed by atoms with van der Waals surface area (Å²) in [7, 11) is 0. The molecule has 1 unspecified atom stereocenters. The number of fused-ring (bicyclic) bond motifs is 1. The van der Waals surface area contributed by atoms with Crippen LogP contribution in [0.2, 0.25) is 10.0 Å². The molecule has 0 saturated heterocycles. The standard InChI is InChI=1S/C12H10Cl3N/c1-7(13)4-8-6-16-11-3-2-9(14)5-10(11)12(8)15/h2-3,5-7H,4H2,1H3. The number of halogens is 3. The van der Waals surface area contributed by atoms with Gasteiger partial charge in [-0.25, -0.2) is 0 Å².